The van der Waals surface area contributed by atoms with Gasteiger partial charge in [-0.15, -0.1) is 11.3 Å². The van der Waals surface area contributed by atoms with Crippen molar-refractivity contribution in [1.82, 2.24) is 0 Å². The third kappa shape index (κ3) is 3.93. The second-order valence-electron chi connectivity index (χ2n) is 3.62. The van der Waals surface area contributed by atoms with Crippen molar-refractivity contribution in [3.8, 4) is 0 Å². The molecule has 0 radical (unpaired) electrons. The summed E-state index contributed by atoms with van der Waals surface area (Å²) >= 11 is 1.47. The van der Waals surface area contributed by atoms with Crippen LogP contribution in [0.4, 0.5) is 17.6 Å². The van der Waals surface area contributed by atoms with Crippen LogP contribution >= 0.6 is 11.3 Å². The summed E-state index contributed by atoms with van der Waals surface area (Å²) in [6.07, 6.45) is -3.72. The van der Waals surface area contributed by atoms with E-state index in [0.717, 1.165) is 10.4 Å². The summed E-state index contributed by atoms with van der Waals surface area (Å²) in [5.74, 6) is -4.12. The predicted molar refractivity (Wildman–Crippen MR) is 57.8 cm³/mol. The minimum atomic E-state index is -4.12. The van der Waals surface area contributed by atoms with Crippen LogP contribution in [-0.4, -0.2) is 25.6 Å². The Labute approximate surface area is 100 Å². The molecule has 1 aromatic heterocycles. The molecular weight excluding hydrogens is 258 g/mol. The first-order valence-corrected chi connectivity index (χ1v) is 5.76. The van der Waals surface area contributed by atoms with Crippen LogP contribution < -0.4 is 5.73 Å². The molecule has 0 amide bonds. The highest BCUT2D eigenvalue weighted by Crippen LogP contribution is 2.24. The topological polar surface area (TPSA) is 35.2 Å². The van der Waals surface area contributed by atoms with Gasteiger partial charge in [-0.05, 0) is 23.9 Å². The van der Waals surface area contributed by atoms with Crippen LogP contribution in [0.2, 0.25) is 0 Å². The SMILES string of the molecule is Cc1sccc1C(N)COCC(F)(F)C(F)F. The van der Waals surface area contributed by atoms with E-state index >= 15 is 0 Å². The summed E-state index contributed by atoms with van der Waals surface area (Å²) in [6.45, 7) is 0.315. The van der Waals surface area contributed by atoms with Crippen molar-refractivity contribution < 1.29 is 22.3 Å². The fraction of sp³-hybridized carbons (Fsp3) is 0.600. The lowest BCUT2D eigenvalue weighted by molar-refractivity contribution is -0.166. The quantitative estimate of drug-likeness (QED) is 0.807. The van der Waals surface area contributed by atoms with Gasteiger partial charge in [-0.25, -0.2) is 8.78 Å². The summed E-state index contributed by atoms with van der Waals surface area (Å²) in [5.41, 5.74) is 6.48. The first kappa shape index (κ1) is 14.4. The second-order valence-corrected chi connectivity index (χ2v) is 4.74. The molecule has 1 aromatic rings. The van der Waals surface area contributed by atoms with E-state index in [9.17, 15) is 17.6 Å². The van der Waals surface area contributed by atoms with E-state index in [1.54, 1.807) is 6.07 Å². The molecule has 2 N–H and O–H groups in total. The monoisotopic (exact) mass is 271 g/mol. The van der Waals surface area contributed by atoms with Gasteiger partial charge in [0.25, 0.3) is 0 Å². The third-order valence-electron chi connectivity index (χ3n) is 2.21. The lowest BCUT2D eigenvalue weighted by Gasteiger charge is -2.17. The van der Waals surface area contributed by atoms with Gasteiger partial charge in [-0.3, -0.25) is 0 Å². The highest BCUT2D eigenvalue weighted by molar-refractivity contribution is 7.10. The van der Waals surface area contributed by atoms with Crippen LogP contribution in [0, 0.1) is 6.92 Å². The van der Waals surface area contributed by atoms with Gasteiger partial charge in [0, 0.05) is 4.88 Å². The van der Waals surface area contributed by atoms with Crippen molar-refractivity contribution in [3.63, 3.8) is 0 Å². The number of nitrogens with two attached hydrogens (primary N) is 1. The second kappa shape index (κ2) is 5.79. The molecule has 1 rings (SSSR count). The van der Waals surface area contributed by atoms with Crippen LogP contribution in [0.3, 0.4) is 0 Å². The van der Waals surface area contributed by atoms with Crippen molar-refractivity contribution in [2.75, 3.05) is 13.2 Å². The molecule has 0 saturated heterocycles. The highest BCUT2D eigenvalue weighted by atomic mass is 32.1. The lowest BCUT2D eigenvalue weighted by atomic mass is 10.1. The molecule has 0 spiro atoms. The first-order chi connectivity index (χ1) is 7.84. The van der Waals surface area contributed by atoms with Crippen LogP contribution in [0.5, 0.6) is 0 Å². The molecule has 98 valence electrons. The van der Waals surface area contributed by atoms with Crippen LogP contribution in [0.15, 0.2) is 11.4 Å². The summed E-state index contributed by atoms with van der Waals surface area (Å²) < 4.78 is 53.2. The Morgan fingerprint density at radius 1 is 1.47 bits per heavy atom. The Kier molecular flexibility index (Phi) is 4.91. The van der Waals surface area contributed by atoms with E-state index in [0.29, 0.717) is 0 Å². The number of hydrogen-bond donors (Lipinski definition) is 1. The standard InChI is InChI=1S/C10H13F4NOS/c1-6-7(2-3-17-6)8(15)4-16-5-10(13,14)9(11)12/h2-3,8-9H,4-5,15H2,1H3. The van der Waals surface area contributed by atoms with Crippen molar-refractivity contribution in [1.29, 1.82) is 0 Å². The number of ether oxygens (including phenoxy) is 1. The zero-order valence-electron chi connectivity index (χ0n) is 9.13. The van der Waals surface area contributed by atoms with E-state index in [1.165, 1.54) is 11.3 Å². The zero-order chi connectivity index (χ0) is 13.1. The summed E-state index contributed by atoms with van der Waals surface area (Å²) in [6, 6.07) is 1.19. The van der Waals surface area contributed by atoms with Crippen molar-refractivity contribution >= 4 is 11.3 Å². The van der Waals surface area contributed by atoms with Gasteiger partial charge in [0.15, 0.2) is 0 Å². The number of hydrogen-bond acceptors (Lipinski definition) is 3. The van der Waals surface area contributed by atoms with Crippen molar-refractivity contribution in [2.24, 2.45) is 5.73 Å². The fourth-order valence-corrected chi connectivity index (χ4v) is 2.03. The molecule has 0 bridgehead atoms. The Hall–Kier alpha value is -0.660. The molecule has 2 nitrogen and oxygen atoms in total. The van der Waals surface area contributed by atoms with Gasteiger partial charge in [-0.1, -0.05) is 0 Å². The maximum Gasteiger partial charge on any atom is 0.330 e. The minimum absolute atomic E-state index is 0.208. The van der Waals surface area contributed by atoms with E-state index in [1.807, 2.05) is 12.3 Å². The van der Waals surface area contributed by atoms with Gasteiger partial charge >= 0.3 is 12.3 Å². The van der Waals surface area contributed by atoms with Gasteiger partial charge in [0.1, 0.15) is 6.61 Å². The van der Waals surface area contributed by atoms with E-state index in [-0.39, 0.29) is 6.61 Å². The molecule has 0 fully saturated rings. The number of halogens is 4. The smallest absolute Gasteiger partial charge is 0.330 e. The van der Waals surface area contributed by atoms with Gasteiger partial charge in [0.05, 0.1) is 12.6 Å². The Balaban J connectivity index is 2.40. The molecular formula is C10H13F4NOS. The van der Waals surface area contributed by atoms with Gasteiger partial charge < -0.3 is 10.5 Å². The Morgan fingerprint density at radius 3 is 2.59 bits per heavy atom. The molecule has 17 heavy (non-hydrogen) atoms. The molecule has 0 aliphatic carbocycles. The van der Waals surface area contributed by atoms with Gasteiger partial charge in [-0.2, -0.15) is 8.78 Å². The van der Waals surface area contributed by atoms with Gasteiger partial charge in [0.2, 0.25) is 0 Å². The largest absolute Gasteiger partial charge is 0.373 e. The lowest BCUT2D eigenvalue weighted by Crippen LogP contribution is -2.33. The van der Waals surface area contributed by atoms with Crippen molar-refractivity contribution in [3.05, 3.63) is 21.9 Å². The molecule has 1 heterocycles. The molecule has 1 atom stereocenters. The molecule has 0 aromatic carbocycles. The Morgan fingerprint density at radius 2 is 2.12 bits per heavy atom. The van der Waals surface area contributed by atoms with Crippen LogP contribution in [0.25, 0.3) is 0 Å². The molecule has 0 aliphatic heterocycles. The number of rotatable bonds is 6. The summed E-state index contributed by atoms with van der Waals surface area (Å²) in [4.78, 5) is 0.960. The maximum atomic E-state index is 12.5. The molecule has 0 saturated carbocycles. The minimum Gasteiger partial charge on any atom is -0.373 e. The van der Waals surface area contributed by atoms with Crippen molar-refractivity contribution in [2.45, 2.75) is 25.3 Å². The summed E-state index contributed by atoms with van der Waals surface area (Å²) in [7, 11) is 0. The van der Waals surface area contributed by atoms with Crippen LogP contribution in [-0.2, 0) is 4.74 Å². The molecule has 7 heteroatoms. The number of aryl methyl sites for hydroxylation is 1. The highest BCUT2D eigenvalue weighted by Gasteiger charge is 2.41. The zero-order valence-corrected chi connectivity index (χ0v) is 9.95. The third-order valence-corrected chi connectivity index (χ3v) is 3.07. The number of thiophene rings is 1. The normalized spacial score (nSPS) is 14.3. The average molecular weight is 271 g/mol. The Bertz CT molecular complexity index is 356. The van der Waals surface area contributed by atoms with E-state index in [2.05, 4.69) is 4.74 Å². The summed E-state index contributed by atoms with van der Waals surface area (Å²) in [5, 5.41) is 1.82. The van der Waals surface area contributed by atoms with E-state index < -0.39 is 25.0 Å². The fourth-order valence-electron chi connectivity index (χ4n) is 1.25. The van der Waals surface area contributed by atoms with Crippen LogP contribution in [0.1, 0.15) is 16.5 Å². The predicted octanol–water partition coefficient (Wildman–Crippen LogP) is 2.97. The molecule has 1 unspecified atom stereocenters. The maximum absolute atomic E-state index is 12.5. The first-order valence-electron chi connectivity index (χ1n) is 4.88. The van der Waals surface area contributed by atoms with E-state index in [4.69, 9.17) is 5.73 Å². The average Bonchev–Trinajstić information content (AvgIpc) is 2.63. The number of alkyl halides is 4. The molecule has 0 aliphatic rings.